The van der Waals surface area contributed by atoms with E-state index in [-0.39, 0.29) is 0 Å². The van der Waals surface area contributed by atoms with Crippen molar-refractivity contribution in [2.45, 2.75) is 32.1 Å². The largest absolute Gasteiger partial charge is 0.309 e. The van der Waals surface area contributed by atoms with Gasteiger partial charge in [-0.2, -0.15) is 10.5 Å². The Morgan fingerprint density at radius 2 is 1.38 bits per heavy atom. The molecule has 2 aliphatic rings. The van der Waals surface area contributed by atoms with Crippen molar-refractivity contribution in [2.75, 3.05) is 0 Å². The number of benzene rings is 5. The van der Waals surface area contributed by atoms with Gasteiger partial charge in [-0.25, -0.2) is 0 Å². The lowest BCUT2D eigenvalue weighted by Crippen LogP contribution is -2.31. The molecule has 2 aliphatic carbocycles. The fourth-order valence-electron chi connectivity index (χ4n) is 8.49. The van der Waals surface area contributed by atoms with Crippen LogP contribution in [0.25, 0.3) is 73.3 Å². The number of fused-ring (bicyclic) bond motifs is 6. The Morgan fingerprint density at radius 1 is 0.673 bits per heavy atom. The van der Waals surface area contributed by atoms with Crippen LogP contribution in [-0.2, 0) is 5.41 Å². The van der Waals surface area contributed by atoms with E-state index < -0.39 is 5.41 Å². The molecule has 5 aromatic carbocycles. The molecule has 262 valence electrons. The molecule has 0 aliphatic heterocycles. The Balaban J connectivity index is 1.17. The van der Waals surface area contributed by atoms with Crippen LogP contribution in [-0.4, -0.2) is 23.9 Å². The Morgan fingerprint density at radius 3 is 2.13 bits per heavy atom. The van der Waals surface area contributed by atoms with E-state index in [1.807, 2.05) is 36.4 Å². The molecular formula is C48H35N7. The summed E-state index contributed by atoms with van der Waals surface area (Å²) >= 11 is 0. The van der Waals surface area contributed by atoms with Crippen LogP contribution in [0.5, 0.6) is 0 Å². The van der Waals surface area contributed by atoms with Gasteiger partial charge in [-0.3, -0.25) is 4.57 Å². The molecular weight excluding hydrogens is 675 g/mol. The third-order valence-corrected chi connectivity index (χ3v) is 11.3. The molecule has 0 saturated carbocycles. The summed E-state index contributed by atoms with van der Waals surface area (Å²) in [5, 5.41) is 34.7. The molecule has 7 heteroatoms. The fraction of sp³-hybridized carbons (Fsp3) is 0.125. The van der Waals surface area contributed by atoms with E-state index in [1.54, 1.807) is 0 Å². The summed E-state index contributed by atoms with van der Waals surface area (Å²) in [5.74, 6) is 1.93. The van der Waals surface area contributed by atoms with Gasteiger partial charge in [0.05, 0.1) is 39.6 Å². The Labute approximate surface area is 317 Å². The second-order valence-corrected chi connectivity index (χ2v) is 14.9. The van der Waals surface area contributed by atoms with E-state index in [0.29, 0.717) is 29.3 Å². The average molecular weight is 710 g/mol. The second kappa shape index (κ2) is 12.4. The van der Waals surface area contributed by atoms with E-state index in [0.717, 1.165) is 56.7 Å². The zero-order valence-electron chi connectivity index (χ0n) is 30.5. The zero-order chi connectivity index (χ0) is 37.3. The predicted octanol–water partition coefficient (Wildman–Crippen LogP) is 9.12. The standard InChI is InChI=1S/C48H35N7/c1-31-14-20-40-38-10-3-5-12-42(38)54(45(40)26-31)36-9-7-8-35(27-36)53-43-13-6-4-11-39(43)41-28-37(19-21-44(41)53)55-46(34-17-15-32(29-49)16-18-34)51-52-47(55)48(2)24-22-33(30-50)23-25-48/h3-13,15-24,26-28,31H,14,25H2,1-2H3. The van der Waals surface area contributed by atoms with Gasteiger partial charge in [0.1, 0.15) is 5.82 Å². The van der Waals surface area contributed by atoms with E-state index in [1.165, 1.54) is 21.5 Å². The van der Waals surface area contributed by atoms with Gasteiger partial charge in [-0.15, -0.1) is 10.2 Å². The van der Waals surface area contributed by atoms with Gasteiger partial charge in [0, 0.05) is 55.0 Å². The fourth-order valence-corrected chi connectivity index (χ4v) is 8.49. The highest BCUT2D eigenvalue weighted by atomic mass is 15.3. The maximum absolute atomic E-state index is 9.56. The van der Waals surface area contributed by atoms with Crippen LogP contribution in [0.4, 0.5) is 0 Å². The number of hydrogen-bond acceptors (Lipinski definition) is 4. The SMILES string of the molecule is CC1C=c2c(c3ccccc3n2-c2cccc(-n3c4ccccc4c4cc(-n5c(-c6ccc(C#N)cc6)nnc5C5(C)C=CC(C#N)=CC5)ccc43)c2)=CC1. The van der Waals surface area contributed by atoms with E-state index >= 15 is 0 Å². The minimum Gasteiger partial charge on any atom is -0.309 e. The molecule has 0 N–H and O–H groups in total. The van der Waals surface area contributed by atoms with Crippen LogP contribution in [0, 0.1) is 28.6 Å². The summed E-state index contributed by atoms with van der Waals surface area (Å²) in [6, 6.07) is 44.7. The summed E-state index contributed by atoms with van der Waals surface area (Å²) in [7, 11) is 0. The highest BCUT2D eigenvalue weighted by Crippen LogP contribution is 2.39. The van der Waals surface area contributed by atoms with Crippen LogP contribution >= 0.6 is 0 Å². The predicted molar refractivity (Wildman–Crippen MR) is 219 cm³/mol. The van der Waals surface area contributed by atoms with Gasteiger partial charge in [0.2, 0.25) is 0 Å². The molecule has 2 atom stereocenters. The average Bonchev–Trinajstić information content (AvgIpc) is 3.92. The van der Waals surface area contributed by atoms with Crippen LogP contribution < -0.4 is 10.6 Å². The Kier molecular flexibility index (Phi) is 7.33. The van der Waals surface area contributed by atoms with Gasteiger partial charge < -0.3 is 9.13 Å². The molecule has 0 bridgehead atoms. The molecule has 0 spiro atoms. The molecule has 0 fully saturated rings. The van der Waals surface area contributed by atoms with Crippen molar-refractivity contribution in [2.24, 2.45) is 5.92 Å². The van der Waals surface area contributed by atoms with Gasteiger partial charge in [-0.1, -0.05) is 73.7 Å². The van der Waals surface area contributed by atoms with Crippen LogP contribution in [0.3, 0.4) is 0 Å². The third kappa shape index (κ3) is 5.09. The van der Waals surface area contributed by atoms with Crippen molar-refractivity contribution in [3.05, 3.63) is 161 Å². The molecule has 0 radical (unpaired) electrons. The first kappa shape index (κ1) is 32.4. The second-order valence-electron chi connectivity index (χ2n) is 14.9. The molecule has 3 aromatic heterocycles. The number of hydrogen-bond donors (Lipinski definition) is 0. The Bertz CT molecular complexity index is 3150. The number of allylic oxidation sites excluding steroid dienone is 4. The van der Waals surface area contributed by atoms with E-state index in [2.05, 4.69) is 149 Å². The lowest BCUT2D eigenvalue weighted by Gasteiger charge is -2.27. The Hall–Kier alpha value is -7.22. The lowest BCUT2D eigenvalue weighted by atomic mass is 9.81. The van der Waals surface area contributed by atoms with Crippen LogP contribution in [0.1, 0.15) is 38.1 Å². The quantitative estimate of drug-likeness (QED) is 0.178. The van der Waals surface area contributed by atoms with E-state index in [9.17, 15) is 10.5 Å². The van der Waals surface area contributed by atoms with Crippen LogP contribution in [0.15, 0.2) is 139 Å². The van der Waals surface area contributed by atoms with Crippen LogP contribution in [0.2, 0.25) is 0 Å². The molecule has 0 saturated heterocycles. The summed E-state index contributed by atoms with van der Waals surface area (Å²) in [4.78, 5) is 0. The van der Waals surface area contributed by atoms with Gasteiger partial charge in [0.15, 0.2) is 5.82 Å². The summed E-state index contributed by atoms with van der Waals surface area (Å²) in [6.45, 7) is 4.42. The van der Waals surface area contributed by atoms with Crippen molar-refractivity contribution in [3.63, 3.8) is 0 Å². The number of nitriles is 2. The van der Waals surface area contributed by atoms with Gasteiger partial charge in [0.25, 0.3) is 0 Å². The molecule has 3 heterocycles. The maximum Gasteiger partial charge on any atom is 0.168 e. The first-order chi connectivity index (χ1) is 26.9. The highest BCUT2D eigenvalue weighted by Gasteiger charge is 2.33. The van der Waals surface area contributed by atoms with Gasteiger partial charge in [-0.05, 0) is 105 Å². The highest BCUT2D eigenvalue weighted by molar-refractivity contribution is 6.10. The zero-order valence-corrected chi connectivity index (χ0v) is 30.5. The van der Waals surface area contributed by atoms with Crippen molar-refractivity contribution in [3.8, 4) is 40.6 Å². The summed E-state index contributed by atoms with van der Waals surface area (Å²) < 4.78 is 6.92. The minimum absolute atomic E-state index is 0.470. The van der Waals surface area contributed by atoms with Crippen molar-refractivity contribution in [1.82, 2.24) is 23.9 Å². The lowest BCUT2D eigenvalue weighted by molar-refractivity contribution is 0.543. The molecule has 10 rings (SSSR count). The number of para-hydroxylation sites is 2. The van der Waals surface area contributed by atoms with Crippen molar-refractivity contribution in [1.29, 1.82) is 10.5 Å². The first-order valence-electron chi connectivity index (χ1n) is 18.7. The first-order valence-corrected chi connectivity index (χ1v) is 18.7. The minimum atomic E-state index is -0.504. The molecule has 0 amide bonds. The third-order valence-electron chi connectivity index (χ3n) is 11.3. The smallest absolute Gasteiger partial charge is 0.168 e. The van der Waals surface area contributed by atoms with Crippen molar-refractivity contribution >= 4 is 44.9 Å². The summed E-state index contributed by atoms with van der Waals surface area (Å²) in [6.07, 6.45) is 12.4. The molecule has 7 nitrogen and oxygen atoms in total. The summed E-state index contributed by atoms with van der Waals surface area (Å²) in [5.41, 5.74) is 8.14. The number of nitrogens with zero attached hydrogens (tertiary/aromatic N) is 7. The topological polar surface area (TPSA) is 88.2 Å². The molecule has 8 aromatic rings. The van der Waals surface area contributed by atoms with Gasteiger partial charge >= 0.3 is 0 Å². The molecule has 55 heavy (non-hydrogen) atoms. The number of aromatic nitrogens is 5. The van der Waals surface area contributed by atoms with Crippen molar-refractivity contribution < 1.29 is 0 Å². The normalized spacial score (nSPS) is 17.7. The molecule has 2 unspecified atom stereocenters. The maximum atomic E-state index is 9.56. The number of rotatable bonds is 5. The monoisotopic (exact) mass is 709 g/mol. The van der Waals surface area contributed by atoms with E-state index in [4.69, 9.17) is 10.2 Å².